The van der Waals surface area contributed by atoms with Crippen LogP contribution in [0, 0.1) is 0 Å². The van der Waals surface area contributed by atoms with Crippen LogP contribution >= 0.6 is 11.6 Å². The first-order valence-electron chi connectivity index (χ1n) is 6.05. The zero-order valence-corrected chi connectivity index (χ0v) is 11.4. The number of hydrogen-bond donors (Lipinski definition) is 0. The number of ether oxygens (including phenoxy) is 1. The standard InChI is InChI=1S/C15H14ClNO2/c1-2-14(18)12-4-6-13(7-5-12)19-10-11-3-8-15(16)17-9-11/h3-9H,2,10H2,1H3. The lowest BCUT2D eigenvalue weighted by Crippen LogP contribution is -1.98. The van der Waals surface area contributed by atoms with Crippen LogP contribution in [-0.2, 0) is 6.61 Å². The third-order valence-corrected chi connectivity index (χ3v) is 2.92. The van der Waals surface area contributed by atoms with E-state index in [4.69, 9.17) is 16.3 Å². The van der Waals surface area contributed by atoms with E-state index in [0.29, 0.717) is 23.7 Å². The van der Waals surface area contributed by atoms with E-state index in [1.54, 1.807) is 36.5 Å². The van der Waals surface area contributed by atoms with Crippen molar-refractivity contribution < 1.29 is 9.53 Å². The van der Waals surface area contributed by atoms with Gasteiger partial charge in [-0.15, -0.1) is 0 Å². The fraction of sp³-hybridized carbons (Fsp3) is 0.200. The molecule has 0 N–H and O–H groups in total. The van der Waals surface area contributed by atoms with Crippen molar-refractivity contribution in [2.24, 2.45) is 0 Å². The molecule has 0 fully saturated rings. The van der Waals surface area contributed by atoms with Crippen molar-refractivity contribution >= 4 is 17.4 Å². The lowest BCUT2D eigenvalue weighted by Gasteiger charge is -2.06. The van der Waals surface area contributed by atoms with Gasteiger partial charge >= 0.3 is 0 Å². The fourth-order valence-electron chi connectivity index (χ4n) is 1.60. The second-order valence-electron chi connectivity index (χ2n) is 4.08. The van der Waals surface area contributed by atoms with Crippen LogP contribution in [0.3, 0.4) is 0 Å². The summed E-state index contributed by atoms with van der Waals surface area (Å²) in [6, 6.07) is 10.7. The molecule has 1 heterocycles. The zero-order chi connectivity index (χ0) is 13.7. The molecule has 0 bridgehead atoms. The Hall–Kier alpha value is -1.87. The van der Waals surface area contributed by atoms with Crippen LogP contribution < -0.4 is 4.74 Å². The van der Waals surface area contributed by atoms with Crippen molar-refractivity contribution in [1.29, 1.82) is 0 Å². The summed E-state index contributed by atoms with van der Waals surface area (Å²) in [7, 11) is 0. The zero-order valence-electron chi connectivity index (χ0n) is 10.6. The second-order valence-corrected chi connectivity index (χ2v) is 4.47. The molecule has 4 heteroatoms. The van der Waals surface area contributed by atoms with E-state index in [1.165, 1.54) is 0 Å². The van der Waals surface area contributed by atoms with E-state index in [0.717, 1.165) is 11.3 Å². The van der Waals surface area contributed by atoms with Gasteiger partial charge in [0, 0.05) is 23.7 Å². The van der Waals surface area contributed by atoms with Crippen molar-refractivity contribution in [3.05, 3.63) is 58.9 Å². The second kappa shape index (κ2) is 6.34. The number of aromatic nitrogens is 1. The van der Waals surface area contributed by atoms with Gasteiger partial charge in [-0.3, -0.25) is 4.79 Å². The molecular formula is C15H14ClNO2. The molecule has 0 aliphatic carbocycles. The molecule has 0 spiro atoms. The minimum Gasteiger partial charge on any atom is -0.489 e. The number of rotatable bonds is 5. The first-order chi connectivity index (χ1) is 9.19. The molecule has 1 aromatic carbocycles. The Bertz CT molecular complexity index is 549. The summed E-state index contributed by atoms with van der Waals surface area (Å²) in [4.78, 5) is 15.5. The van der Waals surface area contributed by atoms with Crippen LogP contribution in [-0.4, -0.2) is 10.8 Å². The molecule has 98 valence electrons. The van der Waals surface area contributed by atoms with Crippen LogP contribution in [0.1, 0.15) is 29.3 Å². The SMILES string of the molecule is CCC(=O)c1ccc(OCc2ccc(Cl)nc2)cc1. The summed E-state index contributed by atoms with van der Waals surface area (Å²) < 4.78 is 5.61. The molecule has 0 unspecified atom stereocenters. The first kappa shape index (κ1) is 13.6. The van der Waals surface area contributed by atoms with E-state index >= 15 is 0 Å². The maximum Gasteiger partial charge on any atom is 0.162 e. The number of benzene rings is 1. The smallest absolute Gasteiger partial charge is 0.162 e. The number of nitrogens with zero attached hydrogens (tertiary/aromatic N) is 1. The van der Waals surface area contributed by atoms with Gasteiger partial charge in [0.25, 0.3) is 0 Å². The predicted molar refractivity (Wildman–Crippen MR) is 74.6 cm³/mol. The van der Waals surface area contributed by atoms with Gasteiger partial charge in [-0.25, -0.2) is 4.98 Å². The Morgan fingerprint density at radius 3 is 2.53 bits per heavy atom. The Morgan fingerprint density at radius 2 is 1.95 bits per heavy atom. The van der Waals surface area contributed by atoms with Crippen molar-refractivity contribution in [3.63, 3.8) is 0 Å². The minimum atomic E-state index is 0.133. The normalized spacial score (nSPS) is 10.2. The highest BCUT2D eigenvalue weighted by molar-refractivity contribution is 6.29. The highest BCUT2D eigenvalue weighted by atomic mass is 35.5. The number of pyridine rings is 1. The summed E-state index contributed by atoms with van der Waals surface area (Å²) >= 11 is 5.71. The highest BCUT2D eigenvalue weighted by Crippen LogP contribution is 2.15. The van der Waals surface area contributed by atoms with Crippen molar-refractivity contribution in [2.75, 3.05) is 0 Å². The van der Waals surface area contributed by atoms with Crippen molar-refractivity contribution in [1.82, 2.24) is 4.98 Å². The maximum absolute atomic E-state index is 11.5. The van der Waals surface area contributed by atoms with Gasteiger partial charge in [0.2, 0.25) is 0 Å². The van der Waals surface area contributed by atoms with Crippen LogP contribution in [0.25, 0.3) is 0 Å². The van der Waals surface area contributed by atoms with Gasteiger partial charge in [-0.05, 0) is 30.3 Å². The lowest BCUT2D eigenvalue weighted by atomic mass is 10.1. The number of carbonyl (C=O) groups excluding carboxylic acids is 1. The molecule has 2 rings (SSSR count). The Kier molecular flexibility index (Phi) is 4.53. The van der Waals surface area contributed by atoms with E-state index in [1.807, 2.05) is 13.0 Å². The summed E-state index contributed by atoms with van der Waals surface area (Å²) in [5.41, 5.74) is 1.65. The monoisotopic (exact) mass is 275 g/mol. The third kappa shape index (κ3) is 3.80. The van der Waals surface area contributed by atoms with E-state index in [-0.39, 0.29) is 5.78 Å². The van der Waals surface area contributed by atoms with Crippen LogP contribution in [0.5, 0.6) is 5.75 Å². The Morgan fingerprint density at radius 1 is 1.21 bits per heavy atom. The summed E-state index contributed by atoms with van der Waals surface area (Å²) in [6.45, 7) is 2.27. The highest BCUT2D eigenvalue weighted by Gasteiger charge is 2.03. The molecule has 0 saturated heterocycles. The van der Waals surface area contributed by atoms with Gasteiger partial charge in [-0.1, -0.05) is 24.6 Å². The maximum atomic E-state index is 11.5. The van der Waals surface area contributed by atoms with Gasteiger partial charge in [0.15, 0.2) is 5.78 Å². The van der Waals surface area contributed by atoms with Crippen LogP contribution in [0.15, 0.2) is 42.6 Å². The van der Waals surface area contributed by atoms with E-state index < -0.39 is 0 Å². The topological polar surface area (TPSA) is 39.2 Å². The number of carbonyl (C=O) groups is 1. The molecule has 0 atom stereocenters. The molecule has 0 aliphatic heterocycles. The van der Waals surface area contributed by atoms with Crippen LogP contribution in [0.2, 0.25) is 5.15 Å². The molecule has 0 radical (unpaired) electrons. The summed E-state index contributed by atoms with van der Waals surface area (Å²) in [5.74, 6) is 0.857. The quantitative estimate of drug-likeness (QED) is 0.613. The third-order valence-electron chi connectivity index (χ3n) is 2.69. The number of hydrogen-bond acceptors (Lipinski definition) is 3. The molecule has 0 aliphatic rings. The average molecular weight is 276 g/mol. The van der Waals surface area contributed by atoms with Crippen LogP contribution in [0.4, 0.5) is 0 Å². The number of Topliss-reactive ketones (excluding diaryl/α,β-unsaturated/α-hetero) is 1. The van der Waals surface area contributed by atoms with Gasteiger partial charge in [0.1, 0.15) is 17.5 Å². The fourth-order valence-corrected chi connectivity index (χ4v) is 1.71. The van der Waals surface area contributed by atoms with E-state index in [9.17, 15) is 4.79 Å². The van der Waals surface area contributed by atoms with Gasteiger partial charge in [0.05, 0.1) is 0 Å². The van der Waals surface area contributed by atoms with Gasteiger partial charge < -0.3 is 4.74 Å². The number of halogens is 1. The number of ketones is 1. The summed E-state index contributed by atoms with van der Waals surface area (Å²) in [6.07, 6.45) is 2.19. The average Bonchev–Trinajstić information content (AvgIpc) is 2.46. The lowest BCUT2D eigenvalue weighted by molar-refractivity contribution is 0.0988. The first-order valence-corrected chi connectivity index (χ1v) is 6.43. The molecule has 3 nitrogen and oxygen atoms in total. The van der Waals surface area contributed by atoms with Crippen molar-refractivity contribution in [3.8, 4) is 5.75 Å². The van der Waals surface area contributed by atoms with Gasteiger partial charge in [-0.2, -0.15) is 0 Å². The molecule has 0 amide bonds. The molecule has 2 aromatic rings. The predicted octanol–water partition coefficient (Wildman–Crippen LogP) is 3.91. The molecule has 1 aromatic heterocycles. The molecular weight excluding hydrogens is 262 g/mol. The minimum absolute atomic E-state index is 0.133. The molecule has 0 saturated carbocycles. The Labute approximate surface area is 117 Å². The largest absolute Gasteiger partial charge is 0.489 e. The molecule has 19 heavy (non-hydrogen) atoms. The summed E-state index contributed by atoms with van der Waals surface area (Å²) in [5, 5.41) is 0.464. The van der Waals surface area contributed by atoms with E-state index in [2.05, 4.69) is 4.98 Å². The van der Waals surface area contributed by atoms with Crippen molar-refractivity contribution in [2.45, 2.75) is 20.0 Å². The Balaban J connectivity index is 1.96.